The van der Waals surface area contributed by atoms with Crippen LogP contribution in [0.15, 0.2) is 23.9 Å². The third kappa shape index (κ3) is 2.95. The van der Waals surface area contributed by atoms with Crippen molar-refractivity contribution < 1.29 is 14.4 Å². The molecular weight excluding hydrogens is 328 g/mol. The Labute approximate surface area is 130 Å². The monoisotopic (exact) mass is 337 g/mol. The number of nitrogens with zero attached hydrogens (tertiary/aromatic N) is 1. The van der Waals surface area contributed by atoms with E-state index in [-0.39, 0.29) is 5.70 Å². The summed E-state index contributed by atoms with van der Waals surface area (Å²) in [5.74, 6) is 0.777. The van der Waals surface area contributed by atoms with Crippen LogP contribution in [0.25, 0.3) is 6.08 Å². The fraction of sp³-hybridized carbons (Fsp3) is 0.333. The maximum Gasteiger partial charge on any atom is 0.291 e. The van der Waals surface area contributed by atoms with E-state index in [1.807, 2.05) is 6.92 Å². The average Bonchev–Trinajstić information content (AvgIpc) is 2.37. The minimum Gasteiger partial charge on any atom is -0.490 e. The molecule has 1 unspecified atom stereocenters. The van der Waals surface area contributed by atoms with Gasteiger partial charge in [-0.05, 0) is 13.0 Å². The second-order valence-corrected chi connectivity index (χ2v) is 6.34. The van der Waals surface area contributed by atoms with Crippen molar-refractivity contribution in [3.8, 4) is 11.5 Å². The Morgan fingerprint density at radius 1 is 1.45 bits per heavy atom. The summed E-state index contributed by atoms with van der Waals surface area (Å²) in [5, 5.41) is 11.1. The van der Waals surface area contributed by atoms with Crippen molar-refractivity contribution in [2.45, 2.75) is 16.8 Å². The van der Waals surface area contributed by atoms with Gasteiger partial charge in [0.1, 0.15) is 0 Å². The molecule has 1 aromatic carbocycles. The van der Waals surface area contributed by atoms with Gasteiger partial charge in [0, 0.05) is 11.6 Å². The topological polar surface area (TPSA) is 61.6 Å². The molecule has 0 amide bonds. The van der Waals surface area contributed by atoms with E-state index in [0.717, 1.165) is 0 Å². The quantitative estimate of drug-likeness (QED) is 0.477. The molecule has 0 saturated heterocycles. The van der Waals surface area contributed by atoms with E-state index < -0.39 is 14.8 Å². The Hall–Kier alpha value is -1.17. The molecule has 0 saturated carbocycles. The summed E-state index contributed by atoms with van der Waals surface area (Å²) >= 11 is 17.3. The normalized spacial score (nSPS) is 17.8. The highest BCUT2D eigenvalue weighted by Crippen LogP contribution is 2.44. The Morgan fingerprint density at radius 2 is 2.15 bits per heavy atom. The number of alkyl halides is 3. The lowest BCUT2D eigenvalue weighted by atomic mass is 10.1. The maximum atomic E-state index is 11.1. The predicted molar refractivity (Wildman–Crippen MR) is 77.3 cm³/mol. The third-order valence-electron chi connectivity index (χ3n) is 2.63. The van der Waals surface area contributed by atoms with Crippen LogP contribution in [0.5, 0.6) is 11.5 Å². The number of nitro groups is 1. The molecule has 0 bridgehead atoms. The highest BCUT2D eigenvalue weighted by molar-refractivity contribution is 6.68. The van der Waals surface area contributed by atoms with Gasteiger partial charge < -0.3 is 9.47 Å². The second kappa shape index (κ2) is 5.68. The van der Waals surface area contributed by atoms with Crippen LogP contribution < -0.4 is 9.47 Å². The molecule has 8 heteroatoms. The molecule has 1 heterocycles. The summed E-state index contributed by atoms with van der Waals surface area (Å²) < 4.78 is 8.97. The second-order valence-electron chi connectivity index (χ2n) is 3.97. The van der Waals surface area contributed by atoms with Gasteiger partial charge in [-0.3, -0.25) is 10.1 Å². The van der Waals surface area contributed by atoms with E-state index in [1.54, 1.807) is 18.2 Å². The number of benzene rings is 1. The SMILES string of the molecule is CCOc1cccc2c1OC(C(Cl)(Cl)Cl)C([N+](=O)[O-])=C2. The van der Waals surface area contributed by atoms with E-state index in [1.165, 1.54) is 6.08 Å². The van der Waals surface area contributed by atoms with Gasteiger partial charge >= 0.3 is 0 Å². The molecule has 1 aliphatic heterocycles. The van der Waals surface area contributed by atoms with Gasteiger partial charge in [0.15, 0.2) is 11.5 Å². The summed E-state index contributed by atoms with van der Waals surface area (Å²) in [6.07, 6.45) is 0.0186. The first-order valence-corrected chi connectivity index (χ1v) is 6.83. The fourth-order valence-corrected chi connectivity index (χ4v) is 2.31. The highest BCUT2D eigenvalue weighted by atomic mass is 35.6. The van der Waals surface area contributed by atoms with Crippen molar-refractivity contribution in [2.75, 3.05) is 6.61 Å². The van der Waals surface area contributed by atoms with Gasteiger partial charge in [-0.1, -0.05) is 46.9 Å². The van der Waals surface area contributed by atoms with E-state index in [2.05, 4.69) is 0 Å². The Bertz CT molecular complexity index is 568. The maximum absolute atomic E-state index is 11.1. The van der Waals surface area contributed by atoms with Crippen LogP contribution in [0, 0.1) is 10.1 Å². The van der Waals surface area contributed by atoms with Crippen LogP contribution in [0.4, 0.5) is 0 Å². The van der Waals surface area contributed by atoms with Crippen LogP contribution in [0.3, 0.4) is 0 Å². The van der Waals surface area contributed by atoms with Gasteiger partial charge in [-0.15, -0.1) is 0 Å². The molecule has 2 rings (SSSR count). The molecule has 5 nitrogen and oxygen atoms in total. The molecule has 0 aromatic heterocycles. The van der Waals surface area contributed by atoms with Gasteiger partial charge in [0.05, 0.1) is 11.5 Å². The zero-order valence-corrected chi connectivity index (χ0v) is 12.6. The Kier molecular flexibility index (Phi) is 4.32. The lowest BCUT2D eigenvalue weighted by molar-refractivity contribution is -0.433. The molecule has 0 spiro atoms. The smallest absolute Gasteiger partial charge is 0.291 e. The Morgan fingerprint density at radius 3 is 2.70 bits per heavy atom. The van der Waals surface area contributed by atoms with Crippen molar-refractivity contribution in [2.24, 2.45) is 0 Å². The van der Waals surface area contributed by atoms with Crippen molar-refractivity contribution in [3.05, 3.63) is 39.6 Å². The Balaban J connectivity index is 2.54. The van der Waals surface area contributed by atoms with Crippen LogP contribution in [-0.2, 0) is 0 Å². The molecule has 1 atom stereocenters. The number of rotatable bonds is 3. The highest BCUT2D eigenvalue weighted by Gasteiger charge is 2.46. The summed E-state index contributed by atoms with van der Waals surface area (Å²) in [4.78, 5) is 10.5. The number of hydrogen-bond donors (Lipinski definition) is 0. The van der Waals surface area contributed by atoms with E-state index >= 15 is 0 Å². The van der Waals surface area contributed by atoms with E-state index in [4.69, 9.17) is 44.3 Å². The first-order chi connectivity index (χ1) is 9.34. The van der Waals surface area contributed by atoms with Gasteiger partial charge in [0.25, 0.3) is 5.70 Å². The first-order valence-electron chi connectivity index (χ1n) is 5.69. The zero-order valence-electron chi connectivity index (χ0n) is 10.3. The molecular formula is C12H10Cl3NO4. The lowest BCUT2D eigenvalue weighted by Crippen LogP contribution is -2.38. The van der Waals surface area contributed by atoms with E-state index in [9.17, 15) is 10.1 Å². The van der Waals surface area contributed by atoms with Crippen molar-refractivity contribution >= 4 is 40.9 Å². The largest absolute Gasteiger partial charge is 0.490 e. The molecule has 1 aromatic rings. The molecule has 20 heavy (non-hydrogen) atoms. The number of fused-ring (bicyclic) bond motifs is 1. The number of ether oxygens (including phenoxy) is 2. The standard InChI is InChI=1S/C12H10Cl3NO4/c1-2-19-9-5-3-4-7-6-8(16(17)18)11(12(13,14)15)20-10(7)9/h3-6,11H,2H2,1H3. The lowest BCUT2D eigenvalue weighted by Gasteiger charge is -2.28. The van der Waals surface area contributed by atoms with Crippen molar-refractivity contribution in [1.29, 1.82) is 0 Å². The van der Waals surface area contributed by atoms with Gasteiger partial charge in [0.2, 0.25) is 9.90 Å². The van der Waals surface area contributed by atoms with Crippen molar-refractivity contribution in [3.63, 3.8) is 0 Å². The number of halogens is 3. The summed E-state index contributed by atoms with van der Waals surface area (Å²) in [5.41, 5.74) is 0.194. The van der Waals surface area contributed by atoms with Crippen LogP contribution in [0.1, 0.15) is 12.5 Å². The van der Waals surface area contributed by atoms with Gasteiger partial charge in [-0.2, -0.15) is 0 Å². The summed E-state index contributed by atoms with van der Waals surface area (Å²) in [6, 6.07) is 5.05. The number of hydrogen-bond acceptors (Lipinski definition) is 4. The summed E-state index contributed by atoms with van der Waals surface area (Å²) in [7, 11) is 0. The first kappa shape index (κ1) is 15.2. The molecule has 1 aliphatic rings. The van der Waals surface area contributed by atoms with Crippen molar-refractivity contribution in [1.82, 2.24) is 0 Å². The van der Waals surface area contributed by atoms with Gasteiger partial charge in [-0.25, -0.2) is 0 Å². The zero-order chi connectivity index (χ0) is 14.9. The van der Waals surface area contributed by atoms with Crippen LogP contribution in [0.2, 0.25) is 0 Å². The van der Waals surface area contributed by atoms with E-state index in [0.29, 0.717) is 23.7 Å². The summed E-state index contributed by atoms with van der Waals surface area (Å²) in [6.45, 7) is 2.23. The fourth-order valence-electron chi connectivity index (χ4n) is 1.84. The minimum absolute atomic E-state index is 0.314. The van der Waals surface area contributed by atoms with Crippen LogP contribution in [-0.4, -0.2) is 21.4 Å². The molecule has 108 valence electrons. The van der Waals surface area contributed by atoms with Crippen LogP contribution >= 0.6 is 34.8 Å². The molecule has 0 radical (unpaired) electrons. The minimum atomic E-state index is -1.96. The predicted octanol–water partition coefficient (Wildman–Crippen LogP) is 3.83. The number of para-hydroxylation sites is 1. The molecule has 0 aliphatic carbocycles. The molecule has 0 N–H and O–H groups in total. The molecule has 0 fully saturated rings. The third-order valence-corrected chi connectivity index (χ3v) is 3.22. The average molecular weight is 339 g/mol.